The van der Waals surface area contributed by atoms with Crippen LogP contribution in [-0.4, -0.2) is 50.6 Å². The third kappa shape index (κ3) is 7.05. The molecule has 1 heterocycles. The van der Waals surface area contributed by atoms with Gasteiger partial charge in [-0.15, -0.1) is 24.0 Å². The molecule has 3 rings (SSSR count). The van der Waals surface area contributed by atoms with Gasteiger partial charge in [0.1, 0.15) is 12.3 Å². The number of para-hydroxylation sites is 1. The van der Waals surface area contributed by atoms with Crippen LogP contribution in [0.3, 0.4) is 0 Å². The van der Waals surface area contributed by atoms with E-state index in [0.717, 1.165) is 29.2 Å². The number of likely N-dealkylation sites (N-methyl/N-ethyl adjacent to an activating group) is 1. The fourth-order valence-corrected chi connectivity index (χ4v) is 3.20. The first-order chi connectivity index (χ1) is 14.0. The summed E-state index contributed by atoms with van der Waals surface area (Å²) in [4.78, 5) is 18.0. The molecule has 1 aliphatic heterocycles. The second-order valence-electron chi connectivity index (χ2n) is 7.13. The zero-order valence-electron chi connectivity index (χ0n) is 17.2. The lowest BCUT2D eigenvalue weighted by molar-refractivity contribution is -0.127. The zero-order valence-corrected chi connectivity index (χ0v) is 20.3. The van der Waals surface area contributed by atoms with Crippen molar-refractivity contribution in [3.63, 3.8) is 0 Å². The number of amides is 1. The fourth-order valence-electron chi connectivity index (χ4n) is 3.07. The van der Waals surface area contributed by atoms with Crippen LogP contribution in [0.2, 0.25) is 5.02 Å². The molecule has 0 radical (unpaired) electrons. The summed E-state index contributed by atoms with van der Waals surface area (Å²) in [7, 11) is 3.46. The number of rotatable bonds is 6. The molecule has 2 aromatic rings. The van der Waals surface area contributed by atoms with E-state index < -0.39 is 0 Å². The minimum atomic E-state index is -0.0452. The minimum Gasteiger partial charge on any atom is -0.493 e. The minimum absolute atomic E-state index is 0. The molecule has 8 heteroatoms. The molecule has 0 saturated heterocycles. The Balaban J connectivity index is 0.00000320. The van der Waals surface area contributed by atoms with Crippen molar-refractivity contribution in [2.45, 2.75) is 18.9 Å². The molecule has 162 valence electrons. The van der Waals surface area contributed by atoms with Crippen LogP contribution in [0.1, 0.15) is 23.6 Å². The van der Waals surface area contributed by atoms with E-state index in [0.29, 0.717) is 19.1 Å². The van der Waals surface area contributed by atoms with E-state index in [1.807, 2.05) is 42.5 Å². The molecule has 1 aliphatic rings. The van der Waals surface area contributed by atoms with Crippen molar-refractivity contribution in [2.75, 3.05) is 33.8 Å². The van der Waals surface area contributed by atoms with E-state index in [2.05, 4.69) is 21.7 Å². The second kappa shape index (κ2) is 12.0. The van der Waals surface area contributed by atoms with Gasteiger partial charge in [-0.05, 0) is 30.2 Å². The highest BCUT2D eigenvalue weighted by molar-refractivity contribution is 14.0. The van der Waals surface area contributed by atoms with Crippen molar-refractivity contribution < 1.29 is 9.53 Å². The molecule has 30 heavy (non-hydrogen) atoms. The topological polar surface area (TPSA) is 66.0 Å². The summed E-state index contributed by atoms with van der Waals surface area (Å²) in [5.41, 5.74) is 2.28. The molecule has 1 atom stereocenters. The smallest absolute Gasteiger partial charge is 0.243 e. The lowest BCUT2D eigenvalue weighted by Gasteiger charge is -2.28. The SMILES string of the molecule is CN(C)C(=O)CN=C(NCCc1ccc(Cl)cc1)NC1CCOc2ccccc21.I. The van der Waals surface area contributed by atoms with Gasteiger partial charge < -0.3 is 20.3 Å². The Morgan fingerprint density at radius 2 is 1.93 bits per heavy atom. The van der Waals surface area contributed by atoms with Gasteiger partial charge in [-0.3, -0.25) is 4.79 Å². The molecular formula is C22H28ClIN4O2. The number of hydrogen-bond donors (Lipinski definition) is 2. The molecule has 0 spiro atoms. The molecule has 2 aromatic carbocycles. The summed E-state index contributed by atoms with van der Waals surface area (Å²) in [5, 5.41) is 7.55. The van der Waals surface area contributed by atoms with Gasteiger partial charge >= 0.3 is 0 Å². The molecule has 1 amide bonds. The van der Waals surface area contributed by atoms with Crippen molar-refractivity contribution >= 4 is 47.4 Å². The third-order valence-corrected chi connectivity index (χ3v) is 5.01. The Kier molecular flexibility index (Phi) is 9.71. The second-order valence-corrected chi connectivity index (χ2v) is 7.56. The van der Waals surface area contributed by atoms with Gasteiger partial charge in [0.05, 0.1) is 12.6 Å². The first-order valence-corrected chi connectivity index (χ1v) is 10.1. The number of aliphatic imine (C=N–C) groups is 1. The number of halogens is 2. The van der Waals surface area contributed by atoms with Crippen molar-refractivity contribution in [3.8, 4) is 5.75 Å². The largest absolute Gasteiger partial charge is 0.493 e. The van der Waals surface area contributed by atoms with E-state index in [-0.39, 0.29) is 42.5 Å². The van der Waals surface area contributed by atoms with Gasteiger partial charge in [-0.1, -0.05) is 41.9 Å². The Hall–Kier alpha value is -2.00. The summed E-state index contributed by atoms with van der Waals surface area (Å²) in [6, 6.07) is 15.9. The number of carbonyl (C=O) groups is 1. The predicted octanol–water partition coefficient (Wildman–Crippen LogP) is 3.65. The summed E-state index contributed by atoms with van der Waals surface area (Å²) in [6.07, 6.45) is 1.65. The fraction of sp³-hybridized carbons (Fsp3) is 0.364. The lowest BCUT2D eigenvalue weighted by atomic mass is 10.0. The monoisotopic (exact) mass is 542 g/mol. The number of guanidine groups is 1. The van der Waals surface area contributed by atoms with Crippen molar-refractivity contribution in [1.82, 2.24) is 15.5 Å². The Labute approximate surface area is 200 Å². The van der Waals surface area contributed by atoms with Crippen LogP contribution in [-0.2, 0) is 11.2 Å². The number of carbonyl (C=O) groups excluding carboxylic acids is 1. The molecule has 0 aliphatic carbocycles. The van der Waals surface area contributed by atoms with E-state index in [1.165, 1.54) is 5.56 Å². The Bertz CT molecular complexity index is 858. The van der Waals surface area contributed by atoms with Gasteiger partial charge in [0, 0.05) is 37.6 Å². The van der Waals surface area contributed by atoms with Gasteiger partial charge in [0.15, 0.2) is 5.96 Å². The molecule has 2 N–H and O–H groups in total. The van der Waals surface area contributed by atoms with Crippen LogP contribution < -0.4 is 15.4 Å². The van der Waals surface area contributed by atoms with E-state index in [9.17, 15) is 4.79 Å². The Morgan fingerprint density at radius 1 is 1.20 bits per heavy atom. The van der Waals surface area contributed by atoms with E-state index in [1.54, 1.807) is 19.0 Å². The maximum absolute atomic E-state index is 12.0. The number of hydrogen-bond acceptors (Lipinski definition) is 3. The molecule has 1 unspecified atom stereocenters. The number of nitrogens with one attached hydrogen (secondary N) is 2. The van der Waals surface area contributed by atoms with Crippen LogP contribution in [0.5, 0.6) is 5.75 Å². The summed E-state index contributed by atoms with van der Waals surface area (Å²) in [6.45, 7) is 1.42. The lowest BCUT2D eigenvalue weighted by Crippen LogP contribution is -2.42. The van der Waals surface area contributed by atoms with Crippen LogP contribution in [0.4, 0.5) is 0 Å². The standard InChI is InChI=1S/C22H27ClN4O2.HI/c1-27(2)21(28)15-25-22(24-13-11-16-7-9-17(23)10-8-16)26-19-12-14-29-20-6-4-3-5-18(19)20;/h3-10,19H,11-15H2,1-2H3,(H2,24,25,26);1H. The van der Waals surface area contributed by atoms with Crippen LogP contribution in [0, 0.1) is 0 Å². The average molecular weight is 543 g/mol. The zero-order chi connectivity index (χ0) is 20.6. The quantitative estimate of drug-likeness (QED) is 0.332. The van der Waals surface area contributed by atoms with Crippen molar-refractivity contribution in [1.29, 1.82) is 0 Å². The highest BCUT2D eigenvalue weighted by Gasteiger charge is 2.22. The van der Waals surface area contributed by atoms with Crippen molar-refractivity contribution in [2.24, 2.45) is 4.99 Å². The van der Waals surface area contributed by atoms with Crippen LogP contribution >= 0.6 is 35.6 Å². The highest BCUT2D eigenvalue weighted by Crippen LogP contribution is 2.31. The number of benzene rings is 2. The molecule has 0 saturated carbocycles. The molecule has 6 nitrogen and oxygen atoms in total. The summed E-state index contributed by atoms with van der Waals surface area (Å²) < 4.78 is 5.74. The highest BCUT2D eigenvalue weighted by atomic mass is 127. The van der Waals surface area contributed by atoms with Crippen LogP contribution in [0.25, 0.3) is 0 Å². The number of fused-ring (bicyclic) bond motifs is 1. The van der Waals surface area contributed by atoms with Gasteiger partial charge in [-0.2, -0.15) is 0 Å². The third-order valence-electron chi connectivity index (χ3n) is 4.76. The van der Waals surface area contributed by atoms with Crippen LogP contribution in [0.15, 0.2) is 53.5 Å². The summed E-state index contributed by atoms with van der Waals surface area (Å²) in [5.74, 6) is 1.47. The maximum Gasteiger partial charge on any atom is 0.243 e. The van der Waals surface area contributed by atoms with Gasteiger partial charge in [0.2, 0.25) is 5.91 Å². The maximum atomic E-state index is 12.0. The van der Waals surface area contributed by atoms with E-state index in [4.69, 9.17) is 16.3 Å². The Morgan fingerprint density at radius 3 is 2.67 bits per heavy atom. The molecule has 0 aromatic heterocycles. The summed E-state index contributed by atoms with van der Waals surface area (Å²) >= 11 is 5.95. The van der Waals surface area contributed by atoms with Gasteiger partial charge in [0.25, 0.3) is 0 Å². The molecular weight excluding hydrogens is 515 g/mol. The number of ether oxygens (including phenoxy) is 1. The predicted molar refractivity (Wildman–Crippen MR) is 132 cm³/mol. The van der Waals surface area contributed by atoms with E-state index >= 15 is 0 Å². The van der Waals surface area contributed by atoms with Crippen molar-refractivity contribution in [3.05, 3.63) is 64.7 Å². The number of nitrogens with zero attached hydrogens (tertiary/aromatic N) is 2. The molecule has 0 bridgehead atoms. The normalized spacial score (nSPS) is 15.3. The first-order valence-electron chi connectivity index (χ1n) is 9.74. The molecule has 0 fully saturated rings. The van der Waals surface area contributed by atoms with Gasteiger partial charge in [-0.25, -0.2) is 4.99 Å². The average Bonchev–Trinajstić information content (AvgIpc) is 2.73. The first kappa shape index (κ1) is 24.3.